The summed E-state index contributed by atoms with van der Waals surface area (Å²) >= 11 is 1.97. The van der Waals surface area contributed by atoms with Gasteiger partial charge in [-0.3, -0.25) is 4.90 Å². The molecular formula is C16H26N2S. The topological polar surface area (TPSA) is 15.3 Å². The minimum atomic E-state index is 0.727. The van der Waals surface area contributed by atoms with E-state index in [9.17, 15) is 0 Å². The maximum Gasteiger partial charge on any atom is 0.0223 e. The summed E-state index contributed by atoms with van der Waals surface area (Å²) in [6.45, 7) is 9.36. The summed E-state index contributed by atoms with van der Waals surface area (Å²) in [4.78, 5) is 4.06. The molecule has 0 bridgehead atoms. The van der Waals surface area contributed by atoms with Crippen LogP contribution in [0.5, 0.6) is 0 Å². The van der Waals surface area contributed by atoms with Crippen molar-refractivity contribution in [2.24, 2.45) is 5.92 Å². The molecule has 19 heavy (non-hydrogen) atoms. The Balaban J connectivity index is 1.76. The lowest BCUT2D eigenvalue weighted by Crippen LogP contribution is -2.52. The van der Waals surface area contributed by atoms with Crippen molar-refractivity contribution in [3.8, 4) is 0 Å². The van der Waals surface area contributed by atoms with E-state index in [1.807, 2.05) is 11.8 Å². The van der Waals surface area contributed by atoms with Crippen LogP contribution in [-0.2, 0) is 0 Å². The quantitative estimate of drug-likeness (QED) is 0.805. The molecule has 1 saturated heterocycles. The molecule has 2 rings (SSSR count). The van der Waals surface area contributed by atoms with Crippen LogP contribution in [0.25, 0.3) is 0 Å². The Kier molecular flexibility index (Phi) is 6.21. The van der Waals surface area contributed by atoms with Crippen LogP contribution in [0.15, 0.2) is 35.2 Å². The fraction of sp³-hybridized carbons (Fsp3) is 0.625. The molecule has 106 valence electrons. The number of hydrogen-bond acceptors (Lipinski definition) is 3. The first-order chi connectivity index (χ1) is 9.25. The van der Waals surface area contributed by atoms with Crippen molar-refractivity contribution < 1.29 is 0 Å². The number of hydrogen-bond donors (Lipinski definition) is 1. The van der Waals surface area contributed by atoms with Gasteiger partial charge < -0.3 is 5.32 Å². The average Bonchev–Trinajstić information content (AvgIpc) is 2.41. The molecule has 1 atom stereocenters. The minimum Gasteiger partial charge on any atom is -0.314 e. The van der Waals surface area contributed by atoms with Gasteiger partial charge in [-0.15, -0.1) is 11.8 Å². The highest BCUT2D eigenvalue weighted by molar-refractivity contribution is 7.99. The molecule has 0 amide bonds. The predicted octanol–water partition coefficient (Wildman–Crippen LogP) is 3.10. The van der Waals surface area contributed by atoms with E-state index in [4.69, 9.17) is 0 Å². The summed E-state index contributed by atoms with van der Waals surface area (Å²) in [6.07, 6.45) is 1.31. The van der Waals surface area contributed by atoms with Crippen LogP contribution in [0.2, 0.25) is 0 Å². The van der Waals surface area contributed by atoms with E-state index in [1.165, 1.54) is 30.2 Å². The van der Waals surface area contributed by atoms with E-state index in [0.29, 0.717) is 0 Å². The first-order valence-corrected chi connectivity index (χ1v) is 8.37. The van der Waals surface area contributed by atoms with Crippen LogP contribution < -0.4 is 5.32 Å². The first-order valence-electron chi connectivity index (χ1n) is 7.38. The lowest BCUT2D eigenvalue weighted by molar-refractivity contribution is 0.151. The number of piperazine rings is 1. The van der Waals surface area contributed by atoms with Gasteiger partial charge in [0.25, 0.3) is 0 Å². The van der Waals surface area contributed by atoms with Gasteiger partial charge >= 0.3 is 0 Å². The van der Waals surface area contributed by atoms with Gasteiger partial charge in [0.2, 0.25) is 0 Å². The lowest BCUT2D eigenvalue weighted by atomic mass is 10.0. The molecule has 0 spiro atoms. The fourth-order valence-corrected chi connectivity index (χ4v) is 3.58. The van der Waals surface area contributed by atoms with Gasteiger partial charge in [-0.05, 0) is 24.5 Å². The van der Waals surface area contributed by atoms with Crippen molar-refractivity contribution in [3.05, 3.63) is 30.3 Å². The predicted molar refractivity (Wildman–Crippen MR) is 84.9 cm³/mol. The minimum absolute atomic E-state index is 0.727. The van der Waals surface area contributed by atoms with Gasteiger partial charge in [-0.25, -0.2) is 0 Å². The zero-order valence-corrected chi connectivity index (χ0v) is 13.0. The summed E-state index contributed by atoms with van der Waals surface area (Å²) in [5, 5.41) is 3.53. The molecule has 2 nitrogen and oxygen atoms in total. The van der Waals surface area contributed by atoms with E-state index < -0.39 is 0 Å². The fourth-order valence-electron chi connectivity index (χ4n) is 2.67. The molecule has 1 unspecified atom stereocenters. The second-order valence-electron chi connectivity index (χ2n) is 5.68. The number of thioether (sulfide) groups is 1. The Labute approximate surface area is 122 Å². The van der Waals surface area contributed by atoms with Crippen molar-refractivity contribution in [1.29, 1.82) is 0 Å². The van der Waals surface area contributed by atoms with E-state index in [2.05, 4.69) is 54.4 Å². The third-order valence-electron chi connectivity index (χ3n) is 3.61. The van der Waals surface area contributed by atoms with Crippen molar-refractivity contribution in [1.82, 2.24) is 10.2 Å². The third kappa shape index (κ3) is 5.17. The summed E-state index contributed by atoms with van der Waals surface area (Å²) in [5.74, 6) is 1.98. The van der Waals surface area contributed by atoms with Crippen LogP contribution in [0.3, 0.4) is 0 Å². The van der Waals surface area contributed by atoms with Crippen molar-refractivity contribution in [2.45, 2.75) is 31.2 Å². The smallest absolute Gasteiger partial charge is 0.0223 e. The van der Waals surface area contributed by atoms with Crippen LogP contribution >= 0.6 is 11.8 Å². The highest BCUT2D eigenvalue weighted by Crippen LogP contribution is 2.19. The van der Waals surface area contributed by atoms with Crippen molar-refractivity contribution in [2.75, 3.05) is 31.9 Å². The standard InChI is InChI=1S/C16H26N2S/c1-14(2)12-15-13-17-8-9-18(15)10-11-19-16-6-4-3-5-7-16/h3-7,14-15,17H,8-13H2,1-2H3. The Hall–Kier alpha value is -0.510. The number of nitrogens with one attached hydrogen (secondary N) is 1. The van der Waals surface area contributed by atoms with Crippen LogP contribution in [0, 0.1) is 5.92 Å². The molecule has 1 aromatic carbocycles. The molecule has 3 heteroatoms. The van der Waals surface area contributed by atoms with Gasteiger partial charge in [0.15, 0.2) is 0 Å². The molecular weight excluding hydrogens is 252 g/mol. The maximum absolute atomic E-state index is 3.53. The molecule has 0 saturated carbocycles. The van der Waals surface area contributed by atoms with Crippen LogP contribution in [0.4, 0.5) is 0 Å². The lowest BCUT2D eigenvalue weighted by Gasteiger charge is -2.37. The first kappa shape index (κ1) is 14.9. The third-order valence-corrected chi connectivity index (χ3v) is 4.60. The molecule has 0 radical (unpaired) electrons. The molecule has 1 fully saturated rings. The summed E-state index contributed by atoms with van der Waals surface area (Å²) in [6, 6.07) is 11.5. The zero-order valence-electron chi connectivity index (χ0n) is 12.1. The van der Waals surface area contributed by atoms with E-state index in [-0.39, 0.29) is 0 Å². The zero-order chi connectivity index (χ0) is 13.5. The van der Waals surface area contributed by atoms with Crippen LogP contribution in [-0.4, -0.2) is 42.9 Å². The second-order valence-corrected chi connectivity index (χ2v) is 6.85. The van der Waals surface area contributed by atoms with Gasteiger partial charge in [0.1, 0.15) is 0 Å². The monoisotopic (exact) mass is 278 g/mol. The molecule has 0 aliphatic carbocycles. The number of rotatable bonds is 6. The van der Waals surface area contributed by atoms with E-state index in [0.717, 1.165) is 25.0 Å². The Morgan fingerprint density at radius 3 is 2.84 bits per heavy atom. The van der Waals surface area contributed by atoms with Gasteiger partial charge in [0, 0.05) is 42.9 Å². The molecule has 1 aromatic rings. The Morgan fingerprint density at radius 2 is 2.11 bits per heavy atom. The molecule has 0 aromatic heterocycles. The normalized spacial score (nSPS) is 20.9. The Bertz CT molecular complexity index is 353. The molecule has 1 heterocycles. The van der Waals surface area contributed by atoms with Crippen molar-refractivity contribution in [3.63, 3.8) is 0 Å². The number of benzene rings is 1. The largest absolute Gasteiger partial charge is 0.314 e. The maximum atomic E-state index is 3.53. The highest BCUT2D eigenvalue weighted by Gasteiger charge is 2.22. The molecule has 1 N–H and O–H groups in total. The summed E-state index contributed by atoms with van der Waals surface area (Å²) in [5.41, 5.74) is 0. The average molecular weight is 278 g/mol. The van der Waals surface area contributed by atoms with Crippen LogP contribution in [0.1, 0.15) is 20.3 Å². The SMILES string of the molecule is CC(C)CC1CNCCN1CCSc1ccccc1. The summed E-state index contributed by atoms with van der Waals surface area (Å²) in [7, 11) is 0. The van der Waals surface area contributed by atoms with E-state index in [1.54, 1.807) is 0 Å². The van der Waals surface area contributed by atoms with Gasteiger partial charge in [0.05, 0.1) is 0 Å². The van der Waals surface area contributed by atoms with Gasteiger partial charge in [-0.1, -0.05) is 32.0 Å². The number of nitrogens with zero attached hydrogens (tertiary/aromatic N) is 1. The molecule has 1 aliphatic heterocycles. The highest BCUT2D eigenvalue weighted by atomic mass is 32.2. The van der Waals surface area contributed by atoms with E-state index >= 15 is 0 Å². The molecule has 1 aliphatic rings. The Morgan fingerprint density at radius 1 is 1.32 bits per heavy atom. The van der Waals surface area contributed by atoms with Crippen molar-refractivity contribution >= 4 is 11.8 Å². The summed E-state index contributed by atoms with van der Waals surface area (Å²) < 4.78 is 0. The van der Waals surface area contributed by atoms with Gasteiger partial charge in [-0.2, -0.15) is 0 Å². The second kappa shape index (κ2) is 7.93.